The fraction of sp³-hybridized carbons (Fsp3) is 0.316. The molecule has 0 bridgehead atoms. The smallest absolute Gasteiger partial charge is 0.220 e. The summed E-state index contributed by atoms with van der Waals surface area (Å²) in [5.74, 6) is 1.57. The van der Waals surface area contributed by atoms with Crippen LogP contribution in [0.3, 0.4) is 0 Å². The highest BCUT2D eigenvalue weighted by molar-refractivity contribution is 9.10. The van der Waals surface area contributed by atoms with Crippen LogP contribution in [0.15, 0.2) is 45.3 Å². The summed E-state index contributed by atoms with van der Waals surface area (Å²) in [6, 6.07) is 11.6. The molecule has 1 atom stereocenters. The van der Waals surface area contributed by atoms with Crippen molar-refractivity contribution < 1.29 is 14.3 Å². The number of carbonyl (C=O) groups is 1. The lowest BCUT2D eigenvalue weighted by molar-refractivity contribution is -0.121. The van der Waals surface area contributed by atoms with Gasteiger partial charge in [-0.25, -0.2) is 0 Å². The summed E-state index contributed by atoms with van der Waals surface area (Å²) in [6.07, 6.45) is 1.11. The molecule has 0 aliphatic rings. The van der Waals surface area contributed by atoms with Crippen LogP contribution >= 0.6 is 31.9 Å². The molecule has 2 rings (SSSR count). The Bertz CT molecular complexity index is 749. The summed E-state index contributed by atoms with van der Waals surface area (Å²) in [6.45, 7) is 1.97. The molecule has 1 unspecified atom stereocenters. The van der Waals surface area contributed by atoms with Gasteiger partial charge < -0.3 is 14.8 Å². The van der Waals surface area contributed by atoms with Crippen molar-refractivity contribution in [2.24, 2.45) is 0 Å². The third-order valence-corrected chi connectivity index (χ3v) is 5.15. The predicted molar refractivity (Wildman–Crippen MR) is 106 cm³/mol. The Morgan fingerprint density at radius 1 is 1.04 bits per heavy atom. The zero-order valence-corrected chi connectivity index (χ0v) is 17.6. The normalized spacial score (nSPS) is 11.7. The molecule has 2 aromatic carbocycles. The van der Waals surface area contributed by atoms with E-state index in [0.717, 1.165) is 31.6 Å². The first-order chi connectivity index (χ1) is 11.9. The quantitative estimate of drug-likeness (QED) is 0.616. The molecule has 0 heterocycles. The van der Waals surface area contributed by atoms with E-state index < -0.39 is 0 Å². The summed E-state index contributed by atoms with van der Waals surface area (Å²) in [5.41, 5.74) is 2.11. The molecule has 0 aliphatic carbocycles. The standard InChI is InChI=1S/C19H21Br2NO3/c1-12(14-6-8-18(25-3)16(21)11-14)22-19(23)9-5-13-4-7-17(24-2)15(20)10-13/h4,6-8,10-12H,5,9H2,1-3H3,(H,22,23). The van der Waals surface area contributed by atoms with E-state index in [4.69, 9.17) is 9.47 Å². The highest BCUT2D eigenvalue weighted by Gasteiger charge is 2.12. The van der Waals surface area contributed by atoms with Crippen molar-refractivity contribution in [2.75, 3.05) is 14.2 Å². The second kappa shape index (κ2) is 9.25. The van der Waals surface area contributed by atoms with Gasteiger partial charge in [0.15, 0.2) is 0 Å². The summed E-state index contributed by atoms with van der Waals surface area (Å²) in [4.78, 5) is 12.2. The van der Waals surface area contributed by atoms with Crippen molar-refractivity contribution in [3.63, 3.8) is 0 Å². The number of benzene rings is 2. The number of amides is 1. The Hall–Kier alpha value is -1.53. The Morgan fingerprint density at radius 3 is 2.20 bits per heavy atom. The van der Waals surface area contributed by atoms with E-state index in [9.17, 15) is 4.79 Å². The number of halogens is 2. The number of rotatable bonds is 7. The monoisotopic (exact) mass is 469 g/mol. The first-order valence-corrected chi connectivity index (χ1v) is 9.48. The molecule has 0 aliphatic heterocycles. The number of hydrogen-bond donors (Lipinski definition) is 1. The summed E-state index contributed by atoms with van der Waals surface area (Å²) in [5, 5.41) is 3.03. The lowest BCUT2D eigenvalue weighted by Gasteiger charge is -2.16. The molecule has 134 valence electrons. The maximum Gasteiger partial charge on any atom is 0.220 e. The topological polar surface area (TPSA) is 47.6 Å². The minimum Gasteiger partial charge on any atom is -0.496 e. The maximum atomic E-state index is 12.2. The summed E-state index contributed by atoms with van der Waals surface area (Å²) < 4.78 is 12.2. The van der Waals surface area contributed by atoms with Crippen LogP contribution in [0.5, 0.6) is 11.5 Å². The van der Waals surface area contributed by atoms with Crippen LogP contribution in [0.1, 0.15) is 30.5 Å². The van der Waals surface area contributed by atoms with E-state index in [0.29, 0.717) is 12.8 Å². The van der Waals surface area contributed by atoms with Gasteiger partial charge in [-0.1, -0.05) is 12.1 Å². The first kappa shape index (κ1) is 19.8. The van der Waals surface area contributed by atoms with Gasteiger partial charge in [0.1, 0.15) is 11.5 Å². The Morgan fingerprint density at radius 2 is 1.64 bits per heavy atom. The molecule has 0 saturated heterocycles. The van der Waals surface area contributed by atoms with Gasteiger partial charge in [0.05, 0.1) is 29.2 Å². The fourth-order valence-corrected chi connectivity index (χ4v) is 3.62. The van der Waals surface area contributed by atoms with Crippen molar-refractivity contribution >= 4 is 37.8 Å². The fourth-order valence-electron chi connectivity index (χ4n) is 2.47. The van der Waals surface area contributed by atoms with Gasteiger partial charge in [0, 0.05) is 6.42 Å². The molecular weight excluding hydrogens is 450 g/mol. The van der Waals surface area contributed by atoms with Gasteiger partial charge in [0.25, 0.3) is 0 Å². The van der Waals surface area contributed by atoms with Crippen molar-refractivity contribution in [3.8, 4) is 11.5 Å². The van der Waals surface area contributed by atoms with Crippen molar-refractivity contribution in [1.82, 2.24) is 5.32 Å². The van der Waals surface area contributed by atoms with Crippen LogP contribution in [-0.2, 0) is 11.2 Å². The van der Waals surface area contributed by atoms with Gasteiger partial charge in [-0.05, 0) is 80.6 Å². The number of nitrogens with one attached hydrogen (secondary N) is 1. The van der Waals surface area contributed by atoms with Crippen LogP contribution in [0.4, 0.5) is 0 Å². The van der Waals surface area contributed by atoms with E-state index in [1.807, 2.05) is 43.3 Å². The molecule has 0 spiro atoms. The number of hydrogen-bond acceptors (Lipinski definition) is 3. The number of carbonyl (C=O) groups excluding carboxylic acids is 1. The molecule has 1 N–H and O–H groups in total. The third kappa shape index (κ3) is 5.47. The van der Waals surface area contributed by atoms with E-state index in [1.165, 1.54) is 0 Å². The Balaban J connectivity index is 1.91. The minimum absolute atomic E-state index is 0.0198. The van der Waals surface area contributed by atoms with E-state index >= 15 is 0 Å². The first-order valence-electron chi connectivity index (χ1n) is 7.89. The number of aryl methyl sites for hydroxylation is 1. The second-order valence-electron chi connectivity index (χ2n) is 5.65. The molecule has 0 aromatic heterocycles. The SMILES string of the molecule is COc1ccc(CCC(=O)NC(C)c2ccc(OC)c(Br)c2)cc1Br. The van der Waals surface area contributed by atoms with E-state index in [2.05, 4.69) is 37.2 Å². The molecule has 0 radical (unpaired) electrons. The minimum atomic E-state index is -0.0719. The van der Waals surface area contributed by atoms with Crippen LogP contribution in [0, 0.1) is 0 Å². The highest BCUT2D eigenvalue weighted by Crippen LogP contribution is 2.28. The van der Waals surface area contributed by atoms with Gasteiger partial charge >= 0.3 is 0 Å². The highest BCUT2D eigenvalue weighted by atomic mass is 79.9. The van der Waals surface area contributed by atoms with Gasteiger partial charge in [0.2, 0.25) is 5.91 Å². The molecular formula is C19H21Br2NO3. The maximum absolute atomic E-state index is 12.2. The van der Waals surface area contributed by atoms with Crippen LogP contribution in [0.2, 0.25) is 0 Å². The van der Waals surface area contributed by atoms with Crippen molar-refractivity contribution in [2.45, 2.75) is 25.8 Å². The molecule has 25 heavy (non-hydrogen) atoms. The van der Waals surface area contributed by atoms with Gasteiger partial charge in [-0.2, -0.15) is 0 Å². The van der Waals surface area contributed by atoms with Gasteiger partial charge in [-0.3, -0.25) is 4.79 Å². The average Bonchev–Trinajstić information content (AvgIpc) is 2.60. The van der Waals surface area contributed by atoms with Crippen LogP contribution in [0.25, 0.3) is 0 Å². The average molecular weight is 471 g/mol. The van der Waals surface area contributed by atoms with Crippen LogP contribution < -0.4 is 14.8 Å². The number of ether oxygens (including phenoxy) is 2. The van der Waals surface area contributed by atoms with Crippen LogP contribution in [-0.4, -0.2) is 20.1 Å². The molecule has 4 nitrogen and oxygen atoms in total. The Labute approximate surface area is 165 Å². The zero-order chi connectivity index (χ0) is 18.4. The summed E-state index contributed by atoms with van der Waals surface area (Å²) >= 11 is 6.93. The van der Waals surface area contributed by atoms with Crippen molar-refractivity contribution in [3.05, 3.63) is 56.5 Å². The lowest BCUT2D eigenvalue weighted by Crippen LogP contribution is -2.26. The van der Waals surface area contributed by atoms with E-state index in [-0.39, 0.29) is 11.9 Å². The summed E-state index contributed by atoms with van der Waals surface area (Å²) in [7, 11) is 3.26. The zero-order valence-electron chi connectivity index (χ0n) is 14.4. The number of methoxy groups -OCH3 is 2. The molecule has 1 amide bonds. The lowest BCUT2D eigenvalue weighted by atomic mass is 10.1. The van der Waals surface area contributed by atoms with Crippen molar-refractivity contribution in [1.29, 1.82) is 0 Å². The Kier molecular flexibility index (Phi) is 7.32. The van der Waals surface area contributed by atoms with E-state index in [1.54, 1.807) is 14.2 Å². The third-order valence-electron chi connectivity index (χ3n) is 3.91. The molecule has 0 fully saturated rings. The second-order valence-corrected chi connectivity index (χ2v) is 7.36. The molecule has 0 saturated carbocycles. The molecule has 6 heteroatoms. The van der Waals surface area contributed by atoms with Gasteiger partial charge in [-0.15, -0.1) is 0 Å². The predicted octanol–water partition coefficient (Wildman–Crippen LogP) is 5.04. The molecule has 2 aromatic rings. The largest absolute Gasteiger partial charge is 0.496 e.